The summed E-state index contributed by atoms with van der Waals surface area (Å²) in [5, 5.41) is 5.30. The number of hydrogen-bond donors (Lipinski definition) is 3. The van der Waals surface area contributed by atoms with Crippen molar-refractivity contribution in [2.75, 3.05) is 25.5 Å². The molecule has 0 aliphatic rings. The van der Waals surface area contributed by atoms with Crippen molar-refractivity contribution in [3.8, 4) is 0 Å². The van der Waals surface area contributed by atoms with E-state index in [1.807, 2.05) is 13.8 Å². The highest BCUT2D eigenvalue weighted by atomic mass is 16.7. The third-order valence-corrected chi connectivity index (χ3v) is 2.42. The molecule has 1 aromatic rings. The summed E-state index contributed by atoms with van der Waals surface area (Å²) in [5.74, 6) is 0.0138. The van der Waals surface area contributed by atoms with Crippen molar-refractivity contribution in [1.29, 1.82) is 0 Å². The summed E-state index contributed by atoms with van der Waals surface area (Å²) in [6.45, 7) is 4.34. The van der Waals surface area contributed by atoms with Crippen LogP contribution >= 0.6 is 0 Å². The summed E-state index contributed by atoms with van der Waals surface area (Å²) in [6, 6.07) is 0. The van der Waals surface area contributed by atoms with Crippen LogP contribution in [0.1, 0.15) is 25.3 Å². The minimum atomic E-state index is -0.603. The highest BCUT2D eigenvalue weighted by molar-refractivity contribution is 5.66. The minimum absolute atomic E-state index is 0.0138. The largest absolute Gasteiger partial charge is 0.426 e. The smallest absolute Gasteiger partial charge is 0.380 e. The highest BCUT2D eigenvalue weighted by Gasteiger charge is 2.22. The van der Waals surface area contributed by atoms with Gasteiger partial charge in [0.15, 0.2) is 0 Å². The number of amides is 1. The van der Waals surface area contributed by atoms with Gasteiger partial charge in [-0.1, -0.05) is 13.8 Å². The lowest BCUT2D eigenvalue weighted by molar-refractivity contribution is 0.103. The number of carbonyl (C=O) groups excluding carboxylic acids is 1. The zero-order valence-corrected chi connectivity index (χ0v) is 10.6. The first-order chi connectivity index (χ1) is 8.49. The second-order valence-corrected chi connectivity index (χ2v) is 4.05. The Labute approximate surface area is 104 Å². The molecule has 0 bridgehead atoms. The van der Waals surface area contributed by atoms with E-state index < -0.39 is 17.0 Å². The van der Waals surface area contributed by atoms with Gasteiger partial charge in [0.05, 0.1) is 5.69 Å². The summed E-state index contributed by atoms with van der Waals surface area (Å²) in [7, 11) is 1.47. The van der Waals surface area contributed by atoms with Crippen LogP contribution in [0.2, 0.25) is 0 Å². The SMILES string of the molecule is CNOC(=O)NCCNc1c(C(C)C)c(=O)c1=O. The molecule has 0 heterocycles. The standard InChI is InChI=1S/C11H17N3O4/c1-6(2)7-8(10(16)9(7)15)13-4-5-14-11(17)18-12-3/h6,12-13H,4-5H2,1-3H3,(H,14,17). The molecule has 0 fully saturated rings. The molecule has 7 nitrogen and oxygen atoms in total. The molecule has 18 heavy (non-hydrogen) atoms. The predicted octanol–water partition coefficient (Wildman–Crippen LogP) is -0.322. The van der Waals surface area contributed by atoms with Crippen molar-refractivity contribution >= 4 is 11.8 Å². The Hall–Kier alpha value is -1.89. The molecule has 3 N–H and O–H groups in total. The first-order valence-electron chi connectivity index (χ1n) is 5.67. The summed E-state index contributed by atoms with van der Waals surface area (Å²) in [6.07, 6.45) is -0.603. The maximum Gasteiger partial charge on any atom is 0.426 e. The van der Waals surface area contributed by atoms with E-state index in [0.29, 0.717) is 17.8 Å². The van der Waals surface area contributed by atoms with Gasteiger partial charge < -0.3 is 15.5 Å². The van der Waals surface area contributed by atoms with Crippen LogP contribution < -0.4 is 27.0 Å². The molecule has 1 rings (SSSR count). The van der Waals surface area contributed by atoms with E-state index >= 15 is 0 Å². The van der Waals surface area contributed by atoms with Gasteiger partial charge in [-0.15, -0.1) is 0 Å². The molecule has 0 aliphatic heterocycles. The second kappa shape index (κ2) is 6.15. The number of rotatable bonds is 6. The van der Waals surface area contributed by atoms with Crippen molar-refractivity contribution in [3.63, 3.8) is 0 Å². The van der Waals surface area contributed by atoms with E-state index in [1.54, 1.807) is 0 Å². The number of carbonyl (C=O) groups is 1. The minimum Gasteiger partial charge on any atom is -0.380 e. The molecular formula is C11H17N3O4. The molecule has 0 saturated carbocycles. The molecule has 7 heteroatoms. The zero-order valence-electron chi connectivity index (χ0n) is 10.6. The Morgan fingerprint density at radius 3 is 2.44 bits per heavy atom. The van der Waals surface area contributed by atoms with E-state index in [-0.39, 0.29) is 12.5 Å². The fraction of sp³-hybridized carbons (Fsp3) is 0.545. The van der Waals surface area contributed by atoms with Gasteiger partial charge in [0, 0.05) is 25.7 Å². The normalized spacial score (nSPS) is 10.7. The van der Waals surface area contributed by atoms with Crippen molar-refractivity contribution in [2.24, 2.45) is 0 Å². The molecule has 0 spiro atoms. The van der Waals surface area contributed by atoms with E-state index in [4.69, 9.17) is 0 Å². The molecule has 0 radical (unpaired) electrons. The fourth-order valence-electron chi connectivity index (χ4n) is 1.62. The van der Waals surface area contributed by atoms with Crippen LogP contribution in [-0.4, -0.2) is 26.2 Å². The van der Waals surface area contributed by atoms with E-state index in [0.717, 1.165) is 0 Å². The van der Waals surface area contributed by atoms with Crippen molar-refractivity contribution < 1.29 is 9.63 Å². The van der Waals surface area contributed by atoms with Crippen LogP contribution in [-0.2, 0) is 4.84 Å². The van der Waals surface area contributed by atoms with Crippen LogP contribution in [0.25, 0.3) is 0 Å². The molecule has 0 aliphatic carbocycles. The molecule has 100 valence electrons. The van der Waals surface area contributed by atoms with Gasteiger partial charge in [-0.05, 0) is 5.92 Å². The molecule has 0 aromatic heterocycles. The van der Waals surface area contributed by atoms with Crippen LogP contribution in [0.5, 0.6) is 0 Å². The Morgan fingerprint density at radius 2 is 1.89 bits per heavy atom. The Bertz CT molecular complexity index is 489. The summed E-state index contributed by atoms with van der Waals surface area (Å²) in [5.41, 5.74) is 2.21. The van der Waals surface area contributed by atoms with Gasteiger partial charge >= 0.3 is 6.09 Å². The lowest BCUT2D eigenvalue weighted by Crippen LogP contribution is -2.40. The molecular weight excluding hydrogens is 238 g/mol. The fourth-order valence-corrected chi connectivity index (χ4v) is 1.62. The Kier molecular flexibility index (Phi) is 4.85. The average Bonchev–Trinajstić information content (AvgIpc) is 2.31. The quantitative estimate of drug-likeness (QED) is 0.366. The van der Waals surface area contributed by atoms with Crippen LogP contribution in [0.3, 0.4) is 0 Å². The third kappa shape index (κ3) is 3.07. The maximum atomic E-state index is 11.3. The Morgan fingerprint density at radius 1 is 1.22 bits per heavy atom. The number of hydrogen-bond acceptors (Lipinski definition) is 6. The van der Waals surface area contributed by atoms with E-state index in [1.165, 1.54) is 7.05 Å². The van der Waals surface area contributed by atoms with Crippen molar-refractivity contribution in [1.82, 2.24) is 10.8 Å². The lowest BCUT2D eigenvalue weighted by atomic mass is 9.96. The van der Waals surface area contributed by atoms with Gasteiger partial charge in [0.2, 0.25) is 10.9 Å². The van der Waals surface area contributed by atoms with Crippen LogP contribution in [0.4, 0.5) is 10.5 Å². The van der Waals surface area contributed by atoms with Crippen LogP contribution in [0.15, 0.2) is 9.59 Å². The summed E-state index contributed by atoms with van der Waals surface area (Å²) < 4.78 is 0. The average molecular weight is 255 g/mol. The monoisotopic (exact) mass is 255 g/mol. The molecule has 0 unspecified atom stereocenters. The first kappa shape index (κ1) is 14.2. The maximum absolute atomic E-state index is 11.3. The summed E-state index contributed by atoms with van der Waals surface area (Å²) in [4.78, 5) is 37.9. The van der Waals surface area contributed by atoms with Gasteiger partial charge in [-0.3, -0.25) is 9.59 Å². The van der Waals surface area contributed by atoms with Crippen LogP contribution in [0, 0.1) is 0 Å². The second-order valence-electron chi connectivity index (χ2n) is 4.05. The Balaban J connectivity index is 2.41. The molecule has 0 saturated heterocycles. The molecule has 1 aromatic carbocycles. The van der Waals surface area contributed by atoms with Gasteiger partial charge in [-0.25, -0.2) is 4.79 Å². The lowest BCUT2D eigenvalue weighted by Gasteiger charge is -2.15. The van der Waals surface area contributed by atoms with Gasteiger partial charge in [0.1, 0.15) is 0 Å². The van der Waals surface area contributed by atoms with Gasteiger partial charge in [0.25, 0.3) is 0 Å². The summed E-state index contributed by atoms with van der Waals surface area (Å²) >= 11 is 0. The number of anilines is 1. The van der Waals surface area contributed by atoms with Crippen molar-refractivity contribution in [3.05, 3.63) is 26.0 Å². The molecule has 0 atom stereocenters. The third-order valence-electron chi connectivity index (χ3n) is 2.42. The first-order valence-corrected chi connectivity index (χ1v) is 5.67. The number of hydroxylamine groups is 1. The van der Waals surface area contributed by atoms with E-state index in [2.05, 4.69) is 21.0 Å². The van der Waals surface area contributed by atoms with Gasteiger partial charge in [-0.2, -0.15) is 5.48 Å². The van der Waals surface area contributed by atoms with E-state index in [9.17, 15) is 14.4 Å². The molecule has 1 amide bonds. The zero-order chi connectivity index (χ0) is 13.7. The number of nitrogens with one attached hydrogen (secondary N) is 3. The highest BCUT2D eigenvalue weighted by Crippen LogP contribution is 2.17. The topological polar surface area (TPSA) is 96.5 Å². The predicted molar refractivity (Wildman–Crippen MR) is 67.5 cm³/mol. The van der Waals surface area contributed by atoms with Crippen molar-refractivity contribution in [2.45, 2.75) is 19.8 Å².